The van der Waals surface area contributed by atoms with Crippen molar-refractivity contribution in [3.63, 3.8) is 0 Å². The molecule has 180 valence electrons. The van der Waals surface area contributed by atoms with E-state index in [-0.39, 0.29) is 17.1 Å². The standard InChI is InChI=1S/C24H23F2NO6S/c1-15-11-21(16(2)27(15)19-7-9-20(10-8-19)33-24(25)26)22(28)13-32-23(29)18-6-4-5-17(12-18)14-34(3,30)31/h4-12,24H,13-14H2,1-3H3. The molecule has 3 aromatic rings. The average Bonchev–Trinajstić information content (AvgIpc) is 3.05. The zero-order chi connectivity index (χ0) is 25.0. The van der Waals surface area contributed by atoms with Crippen molar-refractivity contribution in [1.82, 2.24) is 4.57 Å². The fourth-order valence-corrected chi connectivity index (χ4v) is 4.39. The third-order valence-corrected chi connectivity index (χ3v) is 5.84. The normalized spacial score (nSPS) is 11.5. The number of sulfone groups is 1. The third kappa shape index (κ3) is 6.28. The molecule has 0 unspecified atom stereocenters. The number of nitrogens with zero attached hydrogens (tertiary/aromatic N) is 1. The maximum absolute atomic E-state index is 12.8. The predicted molar refractivity (Wildman–Crippen MR) is 121 cm³/mol. The van der Waals surface area contributed by atoms with Gasteiger partial charge in [-0.3, -0.25) is 4.79 Å². The van der Waals surface area contributed by atoms with E-state index < -0.39 is 34.8 Å². The second-order valence-electron chi connectivity index (χ2n) is 7.76. The van der Waals surface area contributed by atoms with E-state index in [0.29, 0.717) is 22.5 Å². The van der Waals surface area contributed by atoms with Crippen LogP contribution in [0.1, 0.15) is 37.7 Å². The lowest BCUT2D eigenvalue weighted by atomic mass is 10.1. The number of hydrogen-bond acceptors (Lipinski definition) is 6. The SMILES string of the molecule is Cc1cc(C(=O)COC(=O)c2cccc(CS(C)(=O)=O)c2)c(C)n1-c1ccc(OC(F)F)cc1. The van der Waals surface area contributed by atoms with Gasteiger partial charge in [-0.2, -0.15) is 8.78 Å². The Balaban J connectivity index is 1.71. The van der Waals surface area contributed by atoms with Gasteiger partial charge in [-0.1, -0.05) is 12.1 Å². The Labute approximate surface area is 195 Å². The highest BCUT2D eigenvalue weighted by molar-refractivity contribution is 7.89. The number of carbonyl (C=O) groups is 2. The van der Waals surface area contributed by atoms with Crippen molar-refractivity contribution in [2.45, 2.75) is 26.2 Å². The number of aryl methyl sites for hydroxylation is 1. The van der Waals surface area contributed by atoms with Crippen molar-refractivity contribution < 1.29 is 36.3 Å². The first-order valence-electron chi connectivity index (χ1n) is 10.2. The first-order valence-corrected chi connectivity index (χ1v) is 12.2. The number of rotatable bonds is 9. The molecule has 3 rings (SSSR count). The van der Waals surface area contributed by atoms with Gasteiger partial charge in [0.05, 0.1) is 11.3 Å². The highest BCUT2D eigenvalue weighted by atomic mass is 32.2. The molecule has 0 N–H and O–H groups in total. The molecule has 0 fully saturated rings. The summed E-state index contributed by atoms with van der Waals surface area (Å²) in [5.41, 5.74) is 2.90. The number of Topliss-reactive ketones (excluding diaryl/α,β-unsaturated/α-hetero) is 1. The molecule has 0 atom stereocenters. The van der Waals surface area contributed by atoms with Gasteiger partial charge in [0.15, 0.2) is 16.4 Å². The van der Waals surface area contributed by atoms with Crippen molar-refractivity contribution in [3.05, 3.63) is 82.7 Å². The van der Waals surface area contributed by atoms with Gasteiger partial charge in [-0.25, -0.2) is 13.2 Å². The lowest BCUT2D eigenvalue weighted by molar-refractivity contribution is -0.0498. The summed E-state index contributed by atoms with van der Waals surface area (Å²) in [5.74, 6) is -1.36. The van der Waals surface area contributed by atoms with Crippen LogP contribution in [0.3, 0.4) is 0 Å². The molecular weight excluding hydrogens is 468 g/mol. The molecule has 0 radical (unpaired) electrons. The van der Waals surface area contributed by atoms with Gasteiger partial charge in [-0.05, 0) is 61.9 Å². The number of esters is 1. The first-order chi connectivity index (χ1) is 15.9. The Morgan fingerprint density at radius 2 is 1.71 bits per heavy atom. The summed E-state index contributed by atoms with van der Waals surface area (Å²) in [7, 11) is -3.27. The van der Waals surface area contributed by atoms with Crippen LogP contribution in [0.5, 0.6) is 5.75 Å². The minimum Gasteiger partial charge on any atom is -0.454 e. The molecule has 1 heterocycles. The fourth-order valence-electron chi connectivity index (χ4n) is 3.60. The molecule has 0 amide bonds. The van der Waals surface area contributed by atoms with E-state index in [1.54, 1.807) is 48.7 Å². The van der Waals surface area contributed by atoms with E-state index in [0.717, 1.165) is 11.9 Å². The van der Waals surface area contributed by atoms with Crippen LogP contribution in [-0.4, -0.2) is 44.2 Å². The first kappa shape index (κ1) is 25.1. The molecular formula is C24H23F2NO6S. The zero-order valence-electron chi connectivity index (χ0n) is 18.7. The number of alkyl halides is 2. The Hall–Kier alpha value is -3.53. The number of hydrogen-bond donors (Lipinski definition) is 0. The number of carbonyl (C=O) groups excluding carboxylic acids is 2. The summed E-state index contributed by atoms with van der Waals surface area (Å²) in [5, 5.41) is 0. The molecule has 7 nitrogen and oxygen atoms in total. The largest absolute Gasteiger partial charge is 0.454 e. The van der Waals surface area contributed by atoms with Crippen LogP contribution in [0.25, 0.3) is 5.69 Å². The summed E-state index contributed by atoms with van der Waals surface area (Å²) >= 11 is 0. The summed E-state index contributed by atoms with van der Waals surface area (Å²) in [6.07, 6.45) is 1.10. The van der Waals surface area contributed by atoms with Gasteiger partial charge in [0.1, 0.15) is 5.75 Å². The van der Waals surface area contributed by atoms with Gasteiger partial charge in [-0.15, -0.1) is 0 Å². The Morgan fingerprint density at radius 3 is 2.32 bits per heavy atom. The highest BCUT2D eigenvalue weighted by Crippen LogP contribution is 2.24. The van der Waals surface area contributed by atoms with E-state index in [1.165, 1.54) is 24.3 Å². The number of halogens is 2. The Bertz CT molecular complexity index is 1310. The predicted octanol–water partition coefficient (Wildman–Crippen LogP) is 4.28. The van der Waals surface area contributed by atoms with Gasteiger partial charge in [0, 0.05) is 28.9 Å². The molecule has 2 aromatic carbocycles. The quantitative estimate of drug-likeness (QED) is 0.328. The lowest BCUT2D eigenvalue weighted by Crippen LogP contribution is -2.15. The second-order valence-corrected chi connectivity index (χ2v) is 9.90. The van der Waals surface area contributed by atoms with Crippen molar-refractivity contribution in [1.29, 1.82) is 0 Å². The van der Waals surface area contributed by atoms with E-state index >= 15 is 0 Å². The van der Waals surface area contributed by atoms with E-state index in [9.17, 15) is 26.8 Å². The summed E-state index contributed by atoms with van der Waals surface area (Å²) in [6.45, 7) is 0.0862. The van der Waals surface area contributed by atoms with Crippen molar-refractivity contribution in [3.8, 4) is 11.4 Å². The fraction of sp³-hybridized carbons (Fsp3) is 0.250. The van der Waals surface area contributed by atoms with Gasteiger partial charge >= 0.3 is 12.6 Å². The Kier molecular flexibility index (Phi) is 7.51. The molecule has 34 heavy (non-hydrogen) atoms. The second kappa shape index (κ2) is 10.2. The topological polar surface area (TPSA) is 91.7 Å². The molecule has 0 aliphatic heterocycles. The summed E-state index contributed by atoms with van der Waals surface area (Å²) < 4.78 is 59.0. The van der Waals surface area contributed by atoms with Crippen LogP contribution in [-0.2, 0) is 20.3 Å². The van der Waals surface area contributed by atoms with Crippen molar-refractivity contribution >= 4 is 21.6 Å². The van der Waals surface area contributed by atoms with E-state index in [4.69, 9.17) is 4.74 Å². The smallest absolute Gasteiger partial charge is 0.387 e. The van der Waals surface area contributed by atoms with Gasteiger partial charge < -0.3 is 14.0 Å². The van der Waals surface area contributed by atoms with Crippen LogP contribution in [0, 0.1) is 13.8 Å². The maximum atomic E-state index is 12.8. The Morgan fingerprint density at radius 1 is 1.03 bits per heavy atom. The number of aromatic nitrogens is 1. The van der Waals surface area contributed by atoms with E-state index in [1.807, 2.05) is 0 Å². The summed E-state index contributed by atoms with van der Waals surface area (Å²) in [4.78, 5) is 25.1. The van der Waals surface area contributed by atoms with Crippen LogP contribution >= 0.6 is 0 Å². The van der Waals surface area contributed by atoms with Crippen LogP contribution in [0.2, 0.25) is 0 Å². The number of ether oxygens (including phenoxy) is 2. The van der Waals surface area contributed by atoms with Crippen molar-refractivity contribution in [2.24, 2.45) is 0 Å². The van der Waals surface area contributed by atoms with Crippen molar-refractivity contribution in [2.75, 3.05) is 12.9 Å². The molecule has 0 spiro atoms. The number of ketones is 1. The minimum atomic E-state index is -3.27. The van der Waals surface area contributed by atoms with Crippen LogP contribution in [0.15, 0.2) is 54.6 Å². The minimum absolute atomic E-state index is 0.0185. The maximum Gasteiger partial charge on any atom is 0.387 e. The molecule has 0 saturated heterocycles. The zero-order valence-corrected chi connectivity index (χ0v) is 19.6. The van der Waals surface area contributed by atoms with Crippen LogP contribution in [0.4, 0.5) is 8.78 Å². The van der Waals surface area contributed by atoms with Crippen LogP contribution < -0.4 is 4.74 Å². The molecule has 0 bridgehead atoms. The highest BCUT2D eigenvalue weighted by Gasteiger charge is 2.19. The molecule has 0 aliphatic carbocycles. The molecule has 0 aliphatic rings. The molecule has 0 saturated carbocycles. The average molecular weight is 492 g/mol. The lowest BCUT2D eigenvalue weighted by Gasteiger charge is -2.11. The van der Waals surface area contributed by atoms with Gasteiger partial charge in [0.25, 0.3) is 0 Å². The molecule has 1 aromatic heterocycles. The monoisotopic (exact) mass is 491 g/mol. The van der Waals surface area contributed by atoms with Gasteiger partial charge in [0.2, 0.25) is 5.78 Å². The number of benzene rings is 2. The third-order valence-electron chi connectivity index (χ3n) is 4.98. The molecule has 10 heteroatoms. The summed E-state index contributed by atoms with van der Waals surface area (Å²) in [6, 6.07) is 13.7. The van der Waals surface area contributed by atoms with E-state index in [2.05, 4.69) is 4.74 Å².